The molecule has 0 saturated carbocycles. The molecule has 4 heteroatoms. The molecule has 0 N–H and O–H groups in total. The maximum atomic E-state index is 13.0. The molecular formula is C23H27NO3. The Morgan fingerprint density at radius 1 is 1.04 bits per heavy atom. The van der Waals surface area contributed by atoms with Crippen molar-refractivity contribution in [2.24, 2.45) is 0 Å². The lowest BCUT2D eigenvalue weighted by Gasteiger charge is -2.28. The first-order chi connectivity index (χ1) is 12.8. The summed E-state index contributed by atoms with van der Waals surface area (Å²) in [5.74, 6) is 0.0711. The molecular weight excluding hydrogens is 338 g/mol. The van der Waals surface area contributed by atoms with E-state index in [1.807, 2.05) is 75.4 Å². The molecule has 2 aromatic carbocycles. The van der Waals surface area contributed by atoms with Crippen LogP contribution in [0.1, 0.15) is 39.2 Å². The Bertz CT molecular complexity index is 808. The van der Waals surface area contributed by atoms with Crippen molar-refractivity contribution in [2.45, 2.75) is 51.7 Å². The van der Waals surface area contributed by atoms with Gasteiger partial charge in [0.25, 0.3) is 0 Å². The van der Waals surface area contributed by atoms with Crippen LogP contribution >= 0.6 is 0 Å². The fourth-order valence-corrected chi connectivity index (χ4v) is 3.52. The Kier molecular flexibility index (Phi) is 5.64. The number of ether oxygens (including phenoxy) is 1. The molecule has 0 spiro atoms. The van der Waals surface area contributed by atoms with Crippen LogP contribution in [0.5, 0.6) is 0 Å². The van der Waals surface area contributed by atoms with E-state index in [1.165, 1.54) is 0 Å². The van der Waals surface area contributed by atoms with Crippen molar-refractivity contribution in [3.8, 4) is 11.1 Å². The monoisotopic (exact) mass is 365 g/mol. The number of benzene rings is 2. The van der Waals surface area contributed by atoms with Gasteiger partial charge in [-0.3, -0.25) is 9.69 Å². The van der Waals surface area contributed by atoms with E-state index in [4.69, 9.17) is 4.74 Å². The minimum atomic E-state index is -0.562. The first kappa shape index (κ1) is 19.2. The molecule has 1 amide bonds. The molecule has 2 aromatic rings. The van der Waals surface area contributed by atoms with Gasteiger partial charge in [0.2, 0.25) is 0 Å². The maximum absolute atomic E-state index is 13.0. The van der Waals surface area contributed by atoms with Gasteiger partial charge in [-0.2, -0.15) is 0 Å². The number of nitrogens with zero attached hydrogens (tertiary/aromatic N) is 1. The smallest absolute Gasteiger partial charge is 0.410 e. The average Bonchev–Trinajstić information content (AvgIpc) is 3.12. The van der Waals surface area contributed by atoms with Crippen molar-refractivity contribution >= 4 is 11.9 Å². The number of rotatable bonds is 4. The summed E-state index contributed by atoms with van der Waals surface area (Å²) in [5, 5.41) is 0. The molecule has 142 valence electrons. The molecule has 1 saturated heterocycles. The minimum Gasteiger partial charge on any atom is -0.444 e. The number of hydrogen-bond donors (Lipinski definition) is 0. The van der Waals surface area contributed by atoms with E-state index in [9.17, 15) is 9.59 Å². The molecule has 3 rings (SSSR count). The second-order valence-corrected chi connectivity index (χ2v) is 8.00. The number of Topliss-reactive ketones (excluding diaryl/α,β-unsaturated/α-hetero) is 1. The van der Waals surface area contributed by atoms with Crippen LogP contribution in [0, 0.1) is 0 Å². The summed E-state index contributed by atoms with van der Waals surface area (Å²) in [6.45, 7) is 6.10. The van der Waals surface area contributed by atoms with Gasteiger partial charge in [0.1, 0.15) is 5.60 Å². The van der Waals surface area contributed by atoms with E-state index in [0.29, 0.717) is 19.4 Å². The van der Waals surface area contributed by atoms with Crippen molar-refractivity contribution in [3.05, 3.63) is 60.2 Å². The Morgan fingerprint density at radius 3 is 2.41 bits per heavy atom. The van der Waals surface area contributed by atoms with E-state index in [1.54, 1.807) is 4.90 Å². The highest BCUT2D eigenvalue weighted by molar-refractivity contribution is 5.91. The summed E-state index contributed by atoms with van der Waals surface area (Å²) >= 11 is 0. The quantitative estimate of drug-likeness (QED) is 0.777. The van der Waals surface area contributed by atoms with Crippen molar-refractivity contribution in [3.63, 3.8) is 0 Å². The van der Waals surface area contributed by atoms with Gasteiger partial charge in [0, 0.05) is 13.0 Å². The molecule has 4 nitrogen and oxygen atoms in total. The lowest BCUT2D eigenvalue weighted by molar-refractivity contribution is -0.122. The highest BCUT2D eigenvalue weighted by Gasteiger charge is 2.36. The summed E-state index contributed by atoms with van der Waals surface area (Å²) in [6, 6.07) is 17.6. The predicted molar refractivity (Wildman–Crippen MR) is 107 cm³/mol. The van der Waals surface area contributed by atoms with Crippen molar-refractivity contribution in [1.82, 2.24) is 4.90 Å². The van der Waals surface area contributed by atoms with Gasteiger partial charge in [-0.1, -0.05) is 54.6 Å². The molecule has 1 atom stereocenters. The summed E-state index contributed by atoms with van der Waals surface area (Å²) in [7, 11) is 0. The van der Waals surface area contributed by atoms with Crippen LogP contribution in [-0.2, 0) is 16.0 Å². The zero-order valence-corrected chi connectivity index (χ0v) is 16.3. The van der Waals surface area contributed by atoms with Crippen molar-refractivity contribution in [2.75, 3.05) is 6.54 Å². The SMILES string of the molecule is CC(C)(C)OC(=O)N1CCC[C@H]1C(=O)Cc1ccccc1-c1ccccc1. The molecule has 1 heterocycles. The van der Waals surface area contributed by atoms with E-state index in [2.05, 4.69) is 0 Å². The zero-order chi connectivity index (χ0) is 19.4. The normalized spacial score (nSPS) is 17.0. The zero-order valence-electron chi connectivity index (χ0n) is 16.3. The van der Waals surface area contributed by atoms with Crippen molar-refractivity contribution < 1.29 is 14.3 Å². The number of carbonyl (C=O) groups is 2. The highest BCUT2D eigenvalue weighted by atomic mass is 16.6. The minimum absolute atomic E-state index is 0.0711. The molecule has 0 bridgehead atoms. The topological polar surface area (TPSA) is 46.6 Å². The van der Waals surface area contributed by atoms with E-state index in [0.717, 1.165) is 23.1 Å². The Hall–Kier alpha value is -2.62. The second-order valence-electron chi connectivity index (χ2n) is 8.00. The average molecular weight is 365 g/mol. The van der Waals surface area contributed by atoms with E-state index < -0.39 is 17.7 Å². The number of likely N-dealkylation sites (tertiary alicyclic amines) is 1. The number of ketones is 1. The molecule has 0 unspecified atom stereocenters. The highest BCUT2D eigenvalue weighted by Crippen LogP contribution is 2.27. The van der Waals surface area contributed by atoms with Crippen LogP contribution in [-0.4, -0.2) is 35.0 Å². The molecule has 1 aliphatic heterocycles. The summed E-state index contributed by atoms with van der Waals surface area (Å²) in [6.07, 6.45) is 1.45. The van der Waals surface area contributed by atoms with Crippen LogP contribution in [0.4, 0.5) is 4.79 Å². The van der Waals surface area contributed by atoms with Crippen LogP contribution in [0.2, 0.25) is 0 Å². The molecule has 27 heavy (non-hydrogen) atoms. The van der Waals surface area contributed by atoms with E-state index >= 15 is 0 Å². The van der Waals surface area contributed by atoms with Crippen LogP contribution in [0.15, 0.2) is 54.6 Å². The van der Waals surface area contributed by atoms with Gasteiger partial charge in [-0.05, 0) is 50.3 Å². The fraction of sp³-hybridized carbons (Fsp3) is 0.391. The third-order valence-electron chi connectivity index (χ3n) is 4.72. The molecule has 1 fully saturated rings. The standard InChI is InChI=1S/C23H27NO3/c1-23(2,3)27-22(26)24-15-9-14-20(24)21(25)16-18-12-7-8-13-19(18)17-10-5-4-6-11-17/h4-8,10-13,20H,9,14-16H2,1-3H3/t20-/m0/s1. The summed E-state index contributed by atoms with van der Waals surface area (Å²) in [5.41, 5.74) is 2.59. The number of amides is 1. The summed E-state index contributed by atoms with van der Waals surface area (Å²) < 4.78 is 5.48. The van der Waals surface area contributed by atoms with Gasteiger partial charge in [0.05, 0.1) is 6.04 Å². The predicted octanol–water partition coefficient (Wildman–Crippen LogP) is 4.86. The lowest BCUT2D eigenvalue weighted by Crippen LogP contribution is -2.43. The van der Waals surface area contributed by atoms with Gasteiger partial charge in [-0.25, -0.2) is 4.79 Å². The Balaban J connectivity index is 1.77. The van der Waals surface area contributed by atoms with Crippen LogP contribution in [0.3, 0.4) is 0 Å². The van der Waals surface area contributed by atoms with Gasteiger partial charge in [-0.15, -0.1) is 0 Å². The van der Waals surface area contributed by atoms with Gasteiger partial charge < -0.3 is 4.74 Å². The van der Waals surface area contributed by atoms with Crippen LogP contribution in [0.25, 0.3) is 11.1 Å². The fourth-order valence-electron chi connectivity index (χ4n) is 3.52. The first-order valence-corrected chi connectivity index (χ1v) is 9.51. The van der Waals surface area contributed by atoms with Gasteiger partial charge in [0.15, 0.2) is 5.78 Å². The second kappa shape index (κ2) is 7.95. The third kappa shape index (κ3) is 4.76. The number of hydrogen-bond acceptors (Lipinski definition) is 3. The lowest BCUT2D eigenvalue weighted by atomic mass is 9.94. The van der Waals surface area contributed by atoms with E-state index in [-0.39, 0.29) is 5.78 Å². The van der Waals surface area contributed by atoms with Crippen molar-refractivity contribution in [1.29, 1.82) is 0 Å². The first-order valence-electron chi connectivity index (χ1n) is 9.51. The Morgan fingerprint density at radius 2 is 1.70 bits per heavy atom. The largest absolute Gasteiger partial charge is 0.444 e. The number of carbonyl (C=O) groups excluding carboxylic acids is 2. The Labute approximate surface area is 161 Å². The molecule has 0 aliphatic carbocycles. The molecule has 1 aliphatic rings. The van der Waals surface area contributed by atoms with Gasteiger partial charge >= 0.3 is 6.09 Å². The summed E-state index contributed by atoms with van der Waals surface area (Å²) in [4.78, 5) is 27.1. The third-order valence-corrected chi connectivity index (χ3v) is 4.72. The molecule has 0 radical (unpaired) electrons. The molecule has 0 aromatic heterocycles. The maximum Gasteiger partial charge on any atom is 0.410 e. The van der Waals surface area contributed by atoms with Crippen LogP contribution < -0.4 is 0 Å².